The van der Waals surface area contributed by atoms with Gasteiger partial charge in [-0.2, -0.15) is 30.6 Å². The van der Waals surface area contributed by atoms with Crippen LogP contribution in [-0.4, -0.2) is 56.8 Å². The second-order valence-electron chi connectivity index (χ2n) is 9.58. The number of carbonyl (C=O) groups excluding carboxylic acids is 1. The van der Waals surface area contributed by atoms with Gasteiger partial charge in [0.15, 0.2) is 0 Å². The van der Waals surface area contributed by atoms with Crippen molar-refractivity contribution in [1.29, 1.82) is 0 Å². The molecule has 0 saturated heterocycles. The summed E-state index contributed by atoms with van der Waals surface area (Å²) in [5, 5.41) is 5.23. The second kappa shape index (κ2) is 15.3. The van der Waals surface area contributed by atoms with Crippen molar-refractivity contribution in [3.8, 4) is 0 Å². The van der Waals surface area contributed by atoms with Gasteiger partial charge in [0, 0.05) is 39.1 Å². The molecule has 0 bridgehead atoms. The van der Waals surface area contributed by atoms with Crippen LogP contribution in [0.1, 0.15) is 43.7 Å². The van der Waals surface area contributed by atoms with Crippen LogP contribution in [0, 0.1) is 5.82 Å². The molecule has 43 heavy (non-hydrogen) atoms. The van der Waals surface area contributed by atoms with E-state index in [1.165, 1.54) is 7.05 Å². The number of benzene rings is 2. The van der Waals surface area contributed by atoms with E-state index < -0.39 is 58.7 Å². The van der Waals surface area contributed by atoms with Crippen molar-refractivity contribution in [3.05, 3.63) is 77.6 Å². The third-order valence-electron chi connectivity index (χ3n) is 6.31. The van der Waals surface area contributed by atoms with E-state index in [1.54, 1.807) is 6.92 Å². The average Bonchev–Trinajstić information content (AvgIpc) is 2.92. The van der Waals surface area contributed by atoms with Crippen LogP contribution >= 0.6 is 0 Å². The van der Waals surface area contributed by atoms with E-state index in [1.807, 2.05) is 0 Å². The summed E-state index contributed by atoms with van der Waals surface area (Å²) < 4.78 is 117. The highest BCUT2D eigenvalue weighted by Gasteiger charge is 2.31. The molecule has 0 aromatic heterocycles. The Hall–Kier alpha value is -3.46. The van der Waals surface area contributed by atoms with Crippen molar-refractivity contribution < 1.29 is 43.9 Å². The van der Waals surface area contributed by atoms with E-state index in [-0.39, 0.29) is 42.2 Å². The fourth-order valence-electron chi connectivity index (χ4n) is 3.88. The summed E-state index contributed by atoms with van der Waals surface area (Å²) in [6, 6.07) is 7.58. The van der Waals surface area contributed by atoms with Crippen molar-refractivity contribution in [2.24, 2.45) is 4.99 Å². The quantitative estimate of drug-likeness (QED) is 0.155. The molecule has 0 unspecified atom stereocenters. The number of hydrogen-bond donors (Lipinski definition) is 2. The lowest BCUT2D eigenvalue weighted by atomic mass is 10.1. The van der Waals surface area contributed by atoms with Gasteiger partial charge in [-0.3, -0.25) is 9.79 Å². The Bertz CT molecular complexity index is 1360. The SMILES string of the molecule is C=C(CCN(Cc1ccc(C(F)(F)F)cc1)S(=O)(=O)c1ccc(F)cc1)C(=NC)N[C@@H](CC)CC(=O)NCCC(F)(F)F. The van der Waals surface area contributed by atoms with Crippen molar-refractivity contribution in [1.82, 2.24) is 14.9 Å². The predicted molar refractivity (Wildman–Crippen MR) is 148 cm³/mol. The van der Waals surface area contributed by atoms with E-state index in [4.69, 9.17) is 0 Å². The minimum Gasteiger partial charge on any atom is -0.367 e. The molecule has 7 nitrogen and oxygen atoms in total. The molecule has 0 aliphatic heterocycles. The highest BCUT2D eigenvalue weighted by molar-refractivity contribution is 7.89. The van der Waals surface area contributed by atoms with Gasteiger partial charge in [-0.15, -0.1) is 0 Å². The van der Waals surface area contributed by atoms with E-state index >= 15 is 0 Å². The average molecular weight is 639 g/mol. The molecule has 238 valence electrons. The lowest BCUT2D eigenvalue weighted by Gasteiger charge is -2.25. The summed E-state index contributed by atoms with van der Waals surface area (Å²) in [5.74, 6) is -1.02. The van der Waals surface area contributed by atoms with Crippen LogP contribution in [0.25, 0.3) is 0 Å². The van der Waals surface area contributed by atoms with Gasteiger partial charge in [0.25, 0.3) is 0 Å². The summed E-state index contributed by atoms with van der Waals surface area (Å²) in [7, 11) is -2.81. The Morgan fingerprint density at radius 3 is 2.14 bits per heavy atom. The molecular formula is C28H33F7N4O3S. The maximum atomic E-state index is 13.5. The van der Waals surface area contributed by atoms with Gasteiger partial charge in [0.2, 0.25) is 15.9 Å². The van der Waals surface area contributed by atoms with Crippen molar-refractivity contribution in [2.45, 2.75) is 62.4 Å². The second-order valence-corrected chi connectivity index (χ2v) is 11.5. The molecule has 0 radical (unpaired) electrons. The zero-order valence-electron chi connectivity index (χ0n) is 23.5. The van der Waals surface area contributed by atoms with Gasteiger partial charge in [0.05, 0.1) is 16.9 Å². The topological polar surface area (TPSA) is 90.9 Å². The zero-order valence-corrected chi connectivity index (χ0v) is 24.3. The smallest absolute Gasteiger partial charge is 0.367 e. The number of halogens is 7. The van der Waals surface area contributed by atoms with Gasteiger partial charge in [-0.1, -0.05) is 25.6 Å². The Morgan fingerprint density at radius 1 is 1.02 bits per heavy atom. The standard InChI is InChI=1S/C28H33F7N4O3S/c1-4-23(17-25(40)37-15-14-27(30,31)32)38-26(36-3)19(2)13-16-39(43(41,42)24-11-9-22(29)10-12-24)18-20-5-7-21(8-6-20)28(33,34)35/h5-12,23H,2,4,13-18H2,1,3H3,(H,36,38)(H,37,40)/t23-/m0/s1. The number of nitrogens with one attached hydrogen (secondary N) is 2. The fourth-order valence-corrected chi connectivity index (χ4v) is 5.30. The molecule has 0 aliphatic rings. The van der Waals surface area contributed by atoms with E-state index in [2.05, 4.69) is 22.2 Å². The Labute approximate surface area is 245 Å². The molecule has 0 saturated carbocycles. The van der Waals surface area contributed by atoms with Gasteiger partial charge in [-0.05, 0) is 60.4 Å². The molecule has 0 spiro atoms. The molecule has 2 rings (SSSR count). The highest BCUT2D eigenvalue weighted by atomic mass is 32.2. The number of aliphatic imine (C=N–C) groups is 1. The third kappa shape index (κ3) is 11.6. The van der Waals surface area contributed by atoms with E-state index in [9.17, 15) is 43.9 Å². The lowest BCUT2D eigenvalue weighted by Crippen LogP contribution is -2.40. The molecule has 0 heterocycles. The van der Waals surface area contributed by atoms with Crippen LogP contribution in [0.15, 0.2) is 70.6 Å². The largest absolute Gasteiger partial charge is 0.416 e. The minimum absolute atomic E-state index is 0.00888. The van der Waals surface area contributed by atoms with Gasteiger partial charge in [-0.25, -0.2) is 12.8 Å². The number of nitrogens with zero attached hydrogens (tertiary/aromatic N) is 2. The lowest BCUT2D eigenvalue weighted by molar-refractivity contribution is -0.138. The summed E-state index contributed by atoms with van der Waals surface area (Å²) in [6.45, 7) is 4.64. The van der Waals surface area contributed by atoms with Crippen molar-refractivity contribution in [2.75, 3.05) is 20.1 Å². The van der Waals surface area contributed by atoms with Crippen LogP contribution in [-0.2, 0) is 27.5 Å². The fraction of sp³-hybridized carbons (Fsp3) is 0.429. The van der Waals surface area contributed by atoms with Crippen molar-refractivity contribution in [3.63, 3.8) is 0 Å². The normalized spacial score (nSPS) is 13.6. The Morgan fingerprint density at radius 2 is 1.63 bits per heavy atom. The van der Waals surface area contributed by atoms with Crippen LogP contribution in [0.2, 0.25) is 0 Å². The maximum Gasteiger partial charge on any atom is 0.416 e. The summed E-state index contributed by atoms with van der Waals surface area (Å²) >= 11 is 0. The number of hydrogen-bond acceptors (Lipinski definition) is 4. The Balaban J connectivity index is 2.17. The molecule has 1 amide bonds. The number of carbonyl (C=O) groups is 1. The molecule has 0 aliphatic carbocycles. The summed E-state index contributed by atoms with van der Waals surface area (Å²) in [5.41, 5.74) is -0.286. The molecule has 2 aromatic rings. The molecule has 2 aromatic carbocycles. The number of amidine groups is 1. The molecular weight excluding hydrogens is 605 g/mol. The number of rotatable bonds is 14. The first-order chi connectivity index (χ1) is 20.0. The van der Waals surface area contributed by atoms with E-state index in [0.717, 1.165) is 52.8 Å². The minimum atomic E-state index is -4.57. The predicted octanol–water partition coefficient (Wildman–Crippen LogP) is 5.84. The summed E-state index contributed by atoms with van der Waals surface area (Å²) in [6.07, 6.45) is -9.88. The maximum absolute atomic E-state index is 13.5. The van der Waals surface area contributed by atoms with Crippen LogP contribution in [0.4, 0.5) is 30.7 Å². The highest BCUT2D eigenvalue weighted by Crippen LogP contribution is 2.30. The molecule has 2 N–H and O–H groups in total. The monoisotopic (exact) mass is 638 g/mol. The van der Waals surface area contributed by atoms with Crippen LogP contribution < -0.4 is 10.6 Å². The molecule has 0 fully saturated rings. The third-order valence-corrected chi connectivity index (χ3v) is 8.17. The van der Waals surface area contributed by atoms with Crippen molar-refractivity contribution >= 4 is 21.8 Å². The van der Waals surface area contributed by atoms with Gasteiger partial charge in [0.1, 0.15) is 11.7 Å². The van der Waals surface area contributed by atoms with Gasteiger partial charge >= 0.3 is 12.4 Å². The first-order valence-corrected chi connectivity index (χ1v) is 14.6. The van der Waals surface area contributed by atoms with Gasteiger partial charge < -0.3 is 10.6 Å². The van der Waals surface area contributed by atoms with Crippen LogP contribution in [0.5, 0.6) is 0 Å². The van der Waals surface area contributed by atoms with E-state index in [0.29, 0.717) is 12.0 Å². The first kappa shape index (κ1) is 35.7. The Kier molecular flexibility index (Phi) is 12.7. The van der Waals surface area contributed by atoms with Crippen LogP contribution in [0.3, 0.4) is 0 Å². The zero-order chi connectivity index (χ0) is 32.4. The molecule has 1 atom stereocenters. The number of sulfonamides is 1. The molecule has 15 heteroatoms. The first-order valence-electron chi connectivity index (χ1n) is 13.1. The summed E-state index contributed by atoms with van der Waals surface area (Å²) in [4.78, 5) is 16.0. The number of alkyl halides is 6. The number of amides is 1.